The first-order valence-electron chi connectivity index (χ1n) is 6.79. The summed E-state index contributed by atoms with van der Waals surface area (Å²) in [5.41, 5.74) is 3.99. The molecule has 0 spiro atoms. The average Bonchev–Trinajstić information content (AvgIpc) is 3.04. The summed E-state index contributed by atoms with van der Waals surface area (Å²) in [7, 11) is 0. The number of hydrogen-bond donors (Lipinski definition) is 2. The van der Waals surface area contributed by atoms with Crippen LogP contribution in [-0.4, -0.2) is 9.78 Å². The molecule has 0 bridgehead atoms. The second kappa shape index (κ2) is 5.88. The van der Waals surface area contributed by atoms with Crippen LogP contribution in [0.2, 0.25) is 0 Å². The molecule has 21 heavy (non-hydrogen) atoms. The van der Waals surface area contributed by atoms with E-state index in [0.717, 1.165) is 10.2 Å². The van der Waals surface area contributed by atoms with Crippen molar-refractivity contribution in [2.75, 3.05) is 0 Å². The van der Waals surface area contributed by atoms with Gasteiger partial charge in [-0.3, -0.25) is 10.5 Å². The Bertz CT molecular complexity index is 729. The van der Waals surface area contributed by atoms with Gasteiger partial charge in [0, 0.05) is 15.6 Å². The highest BCUT2D eigenvalue weighted by Gasteiger charge is 2.23. The molecular weight excluding hydrogens is 348 g/mol. The van der Waals surface area contributed by atoms with Gasteiger partial charge in [0.2, 0.25) is 0 Å². The molecule has 0 saturated carbocycles. The number of hydrazine groups is 1. The molecule has 1 unspecified atom stereocenters. The van der Waals surface area contributed by atoms with Gasteiger partial charge in [0.25, 0.3) is 0 Å². The van der Waals surface area contributed by atoms with Crippen molar-refractivity contribution in [1.82, 2.24) is 15.2 Å². The predicted octanol–water partition coefficient (Wildman–Crippen LogP) is 3.99. The maximum absolute atomic E-state index is 5.85. The molecule has 1 aromatic carbocycles. The van der Waals surface area contributed by atoms with Gasteiger partial charge in [-0.15, -0.1) is 11.3 Å². The Morgan fingerprint density at radius 1 is 1.33 bits per heavy atom. The number of fused-ring (bicyclic) bond motifs is 1. The Morgan fingerprint density at radius 2 is 2.10 bits per heavy atom. The van der Waals surface area contributed by atoms with Gasteiger partial charge in [-0.25, -0.2) is 5.43 Å². The van der Waals surface area contributed by atoms with Crippen LogP contribution in [0.5, 0.6) is 0 Å². The zero-order valence-electron chi connectivity index (χ0n) is 11.9. The fourth-order valence-corrected chi connectivity index (χ4v) is 4.10. The van der Waals surface area contributed by atoms with E-state index < -0.39 is 0 Å². The third-order valence-corrected chi connectivity index (χ3v) is 5.24. The fourth-order valence-electron chi connectivity index (χ4n) is 2.47. The lowest BCUT2D eigenvalue weighted by molar-refractivity contribution is 0.477. The number of halogens is 1. The van der Waals surface area contributed by atoms with Crippen molar-refractivity contribution in [2.24, 2.45) is 5.84 Å². The van der Waals surface area contributed by atoms with E-state index in [1.807, 2.05) is 10.9 Å². The van der Waals surface area contributed by atoms with Crippen molar-refractivity contribution in [1.29, 1.82) is 0 Å². The average molecular weight is 365 g/mol. The molecular formula is C15H17BrN4S. The number of aromatic nitrogens is 2. The molecule has 6 heteroatoms. The molecule has 0 amide bonds. The molecule has 2 heterocycles. The summed E-state index contributed by atoms with van der Waals surface area (Å²) in [6.07, 6.45) is 1.83. The van der Waals surface area contributed by atoms with E-state index in [2.05, 4.69) is 70.6 Å². The van der Waals surface area contributed by atoms with Gasteiger partial charge >= 0.3 is 0 Å². The predicted molar refractivity (Wildman–Crippen MR) is 91.3 cm³/mol. The molecule has 0 fully saturated rings. The molecule has 0 radical (unpaired) electrons. The minimum Gasteiger partial charge on any atom is -0.270 e. The van der Waals surface area contributed by atoms with Crippen molar-refractivity contribution in [3.63, 3.8) is 0 Å². The Kier molecular flexibility index (Phi) is 4.12. The zero-order chi connectivity index (χ0) is 15.0. The molecule has 3 rings (SSSR count). The number of thiophene rings is 1. The van der Waals surface area contributed by atoms with Gasteiger partial charge in [-0.05, 0) is 47.3 Å². The van der Waals surface area contributed by atoms with Crippen molar-refractivity contribution < 1.29 is 0 Å². The van der Waals surface area contributed by atoms with E-state index in [4.69, 9.17) is 5.84 Å². The zero-order valence-corrected chi connectivity index (χ0v) is 14.3. The van der Waals surface area contributed by atoms with Gasteiger partial charge in [0.15, 0.2) is 0 Å². The maximum atomic E-state index is 5.85. The summed E-state index contributed by atoms with van der Waals surface area (Å²) in [4.78, 5) is 1.18. The summed E-state index contributed by atoms with van der Waals surface area (Å²) in [6.45, 7) is 4.23. The van der Waals surface area contributed by atoms with Gasteiger partial charge in [-0.1, -0.05) is 18.2 Å². The van der Waals surface area contributed by atoms with Crippen molar-refractivity contribution in [3.05, 3.63) is 51.6 Å². The Balaban J connectivity index is 2.12. The molecule has 0 aliphatic heterocycles. The molecule has 1 atom stereocenters. The quantitative estimate of drug-likeness (QED) is 0.543. The van der Waals surface area contributed by atoms with Crippen LogP contribution in [0.15, 0.2) is 41.0 Å². The molecule has 0 saturated heterocycles. The van der Waals surface area contributed by atoms with E-state index in [1.54, 1.807) is 11.3 Å². The number of nitrogens with one attached hydrogen (secondary N) is 1. The highest BCUT2D eigenvalue weighted by Crippen LogP contribution is 2.36. The Hall–Kier alpha value is -1.21. The summed E-state index contributed by atoms with van der Waals surface area (Å²) in [6, 6.07) is 10.7. The van der Waals surface area contributed by atoms with E-state index in [9.17, 15) is 0 Å². The summed E-state index contributed by atoms with van der Waals surface area (Å²) in [5.74, 6) is 5.85. The second-order valence-electron chi connectivity index (χ2n) is 5.20. The van der Waals surface area contributed by atoms with Gasteiger partial charge in [0.1, 0.15) is 0 Å². The normalized spacial score (nSPS) is 13.2. The maximum Gasteiger partial charge on any atom is 0.0982 e. The number of nitrogens with two attached hydrogens (primary N) is 1. The smallest absolute Gasteiger partial charge is 0.0982 e. The summed E-state index contributed by atoms with van der Waals surface area (Å²) >= 11 is 5.35. The van der Waals surface area contributed by atoms with Crippen LogP contribution in [0, 0.1) is 0 Å². The van der Waals surface area contributed by atoms with Crippen LogP contribution in [0.4, 0.5) is 0 Å². The van der Waals surface area contributed by atoms with E-state index in [-0.39, 0.29) is 12.1 Å². The van der Waals surface area contributed by atoms with Crippen molar-refractivity contribution in [3.8, 4) is 0 Å². The van der Waals surface area contributed by atoms with Crippen LogP contribution in [0.1, 0.15) is 36.5 Å². The monoisotopic (exact) mass is 364 g/mol. The van der Waals surface area contributed by atoms with E-state index >= 15 is 0 Å². The lowest BCUT2D eigenvalue weighted by Crippen LogP contribution is -2.30. The van der Waals surface area contributed by atoms with Crippen LogP contribution in [0.25, 0.3) is 10.1 Å². The van der Waals surface area contributed by atoms with Gasteiger partial charge < -0.3 is 0 Å². The SMILES string of the molecule is CC(C)n1ncc(Br)c1C(NN)c1cc2ccccc2s1. The summed E-state index contributed by atoms with van der Waals surface area (Å²) in [5, 5.41) is 5.68. The highest BCUT2D eigenvalue weighted by atomic mass is 79.9. The number of benzene rings is 1. The van der Waals surface area contributed by atoms with E-state index in [0.29, 0.717) is 0 Å². The first-order chi connectivity index (χ1) is 10.1. The van der Waals surface area contributed by atoms with Crippen molar-refractivity contribution in [2.45, 2.75) is 25.9 Å². The summed E-state index contributed by atoms with van der Waals surface area (Å²) < 4.78 is 4.23. The van der Waals surface area contributed by atoms with Crippen LogP contribution in [0.3, 0.4) is 0 Å². The lowest BCUT2D eigenvalue weighted by Gasteiger charge is -2.19. The minimum atomic E-state index is -0.0818. The fraction of sp³-hybridized carbons (Fsp3) is 0.267. The highest BCUT2D eigenvalue weighted by molar-refractivity contribution is 9.10. The number of hydrogen-bond acceptors (Lipinski definition) is 4. The Morgan fingerprint density at radius 3 is 2.76 bits per heavy atom. The standard InChI is InChI=1S/C15H17BrN4S/c1-9(2)20-15(11(16)8-18-20)14(19-17)13-7-10-5-3-4-6-12(10)21-13/h3-9,14,19H,17H2,1-2H3. The molecule has 4 nitrogen and oxygen atoms in total. The molecule has 110 valence electrons. The first-order valence-corrected chi connectivity index (χ1v) is 8.40. The second-order valence-corrected chi connectivity index (χ2v) is 7.17. The van der Waals surface area contributed by atoms with Crippen molar-refractivity contribution >= 4 is 37.4 Å². The molecule has 3 N–H and O–H groups in total. The van der Waals surface area contributed by atoms with E-state index in [1.165, 1.54) is 15.0 Å². The van der Waals surface area contributed by atoms with Crippen LogP contribution >= 0.6 is 27.3 Å². The molecule has 2 aromatic heterocycles. The van der Waals surface area contributed by atoms with Crippen LogP contribution in [-0.2, 0) is 0 Å². The topological polar surface area (TPSA) is 55.9 Å². The van der Waals surface area contributed by atoms with Crippen LogP contribution < -0.4 is 11.3 Å². The minimum absolute atomic E-state index is 0.0818. The molecule has 3 aromatic rings. The first kappa shape index (κ1) is 14.7. The molecule has 0 aliphatic carbocycles. The number of rotatable bonds is 4. The largest absolute Gasteiger partial charge is 0.270 e. The Labute approximate surface area is 136 Å². The lowest BCUT2D eigenvalue weighted by atomic mass is 10.1. The molecule has 0 aliphatic rings. The third kappa shape index (κ3) is 2.64. The van der Waals surface area contributed by atoms with Gasteiger partial charge in [-0.2, -0.15) is 5.10 Å². The van der Waals surface area contributed by atoms with Gasteiger partial charge in [0.05, 0.1) is 22.4 Å². The third-order valence-electron chi connectivity index (χ3n) is 3.45. The number of nitrogens with zero attached hydrogens (tertiary/aromatic N) is 2.